The lowest BCUT2D eigenvalue weighted by Crippen LogP contribution is -2.18. The molecule has 0 aromatic heterocycles. The van der Waals surface area contributed by atoms with Gasteiger partial charge in [0.05, 0.1) is 16.0 Å². The number of halogens is 2. The van der Waals surface area contributed by atoms with Gasteiger partial charge in [0, 0.05) is 5.69 Å². The molecule has 2 aromatic rings. The molecule has 23 heavy (non-hydrogen) atoms. The highest BCUT2D eigenvalue weighted by molar-refractivity contribution is 7.93. The first-order valence-corrected chi connectivity index (χ1v) is 8.82. The van der Waals surface area contributed by atoms with Crippen LogP contribution in [0.2, 0.25) is 10.0 Å². The lowest BCUT2D eigenvalue weighted by molar-refractivity contribution is -0.119. The summed E-state index contributed by atoms with van der Waals surface area (Å²) in [4.78, 5) is 11.0. The van der Waals surface area contributed by atoms with Crippen LogP contribution in [0.25, 0.3) is 0 Å². The summed E-state index contributed by atoms with van der Waals surface area (Å²) in [6, 6.07) is 10.8. The zero-order chi connectivity index (χ0) is 17.2. The maximum atomic E-state index is 12.4. The number of nitrogens with two attached hydrogens (primary N) is 1. The zero-order valence-corrected chi connectivity index (χ0v) is 14.4. The van der Waals surface area contributed by atoms with E-state index >= 15 is 0 Å². The van der Waals surface area contributed by atoms with Crippen LogP contribution in [0.15, 0.2) is 47.4 Å². The Labute approximate surface area is 144 Å². The quantitative estimate of drug-likeness (QED) is 0.842. The number of hydrogen-bond acceptors (Lipinski definition) is 3. The van der Waals surface area contributed by atoms with Crippen molar-refractivity contribution in [1.29, 1.82) is 0 Å². The second kappa shape index (κ2) is 6.78. The summed E-state index contributed by atoms with van der Waals surface area (Å²) in [7, 11) is -3.93. The number of benzene rings is 2. The van der Waals surface area contributed by atoms with Crippen molar-refractivity contribution in [3.05, 3.63) is 58.1 Å². The van der Waals surface area contributed by atoms with Gasteiger partial charge in [-0.1, -0.05) is 41.4 Å². The van der Waals surface area contributed by atoms with Crippen LogP contribution in [-0.2, 0) is 14.8 Å². The summed E-state index contributed by atoms with van der Waals surface area (Å²) in [5.74, 6) is -0.917. The third-order valence-corrected chi connectivity index (χ3v) is 5.61. The highest BCUT2D eigenvalue weighted by atomic mass is 35.5. The molecule has 0 saturated heterocycles. The van der Waals surface area contributed by atoms with Crippen LogP contribution in [0.4, 0.5) is 5.69 Å². The Morgan fingerprint density at radius 3 is 2.09 bits per heavy atom. The lowest BCUT2D eigenvalue weighted by atomic mass is 10.0. The van der Waals surface area contributed by atoms with Gasteiger partial charge >= 0.3 is 0 Å². The molecule has 0 radical (unpaired) electrons. The second-order valence-electron chi connectivity index (χ2n) is 4.90. The number of anilines is 1. The topological polar surface area (TPSA) is 89.3 Å². The number of carbonyl (C=O) groups excluding carboxylic acids is 1. The van der Waals surface area contributed by atoms with Gasteiger partial charge in [-0.15, -0.1) is 0 Å². The van der Waals surface area contributed by atoms with Crippen LogP contribution < -0.4 is 10.5 Å². The molecular formula is C15H14Cl2N2O3S. The molecule has 0 fully saturated rings. The first-order chi connectivity index (χ1) is 10.7. The number of nitrogens with one attached hydrogen (secondary N) is 1. The van der Waals surface area contributed by atoms with Crippen molar-refractivity contribution in [1.82, 2.24) is 0 Å². The molecule has 2 rings (SSSR count). The van der Waals surface area contributed by atoms with E-state index < -0.39 is 21.8 Å². The monoisotopic (exact) mass is 372 g/mol. The van der Waals surface area contributed by atoms with E-state index in [-0.39, 0.29) is 14.9 Å². The predicted octanol–water partition coefficient (Wildman–Crippen LogP) is 3.38. The van der Waals surface area contributed by atoms with Crippen molar-refractivity contribution < 1.29 is 13.2 Å². The fourth-order valence-corrected chi connectivity index (χ4v) is 4.15. The first kappa shape index (κ1) is 17.6. The molecule has 0 aliphatic carbocycles. The Bertz CT molecular complexity index is 816. The van der Waals surface area contributed by atoms with Gasteiger partial charge in [-0.05, 0) is 36.8 Å². The minimum absolute atomic E-state index is 0.0315. The first-order valence-electron chi connectivity index (χ1n) is 6.58. The molecular weight excluding hydrogens is 359 g/mol. The van der Waals surface area contributed by atoms with Crippen LogP contribution in [0.1, 0.15) is 18.4 Å². The van der Waals surface area contributed by atoms with E-state index in [1.165, 1.54) is 24.3 Å². The number of rotatable bonds is 5. The number of carbonyl (C=O) groups is 1. The Hall–Kier alpha value is -1.76. The van der Waals surface area contributed by atoms with Gasteiger partial charge in [0.1, 0.15) is 4.90 Å². The molecule has 5 nitrogen and oxygen atoms in total. The number of amides is 1. The Kier molecular flexibility index (Phi) is 5.19. The third kappa shape index (κ3) is 3.96. The molecule has 0 saturated carbocycles. The van der Waals surface area contributed by atoms with Crippen LogP contribution in [0, 0.1) is 0 Å². The van der Waals surface area contributed by atoms with Crippen molar-refractivity contribution in [2.75, 3.05) is 4.72 Å². The van der Waals surface area contributed by atoms with Crippen molar-refractivity contribution in [2.24, 2.45) is 5.73 Å². The highest BCUT2D eigenvalue weighted by Crippen LogP contribution is 2.30. The zero-order valence-electron chi connectivity index (χ0n) is 12.1. The van der Waals surface area contributed by atoms with E-state index in [0.29, 0.717) is 11.3 Å². The van der Waals surface area contributed by atoms with Crippen molar-refractivity contribution in [3.8, 4) is 0 Å². The van der Waals surface area contributed by atoms with Gasteiger partial charge in [-0.3, -0.25) is 9.52 Å². The predicted molar refractivity (Wildman–Crippen MR) is 91.3 cm³/mol. The van der Waals surface area contributed by atoms with Gasteiger partial charge in [-0.25, -0.2) is 8.42 Å². The Balaban J connectivity index is 2.30. The van der Waals surface area contributed by atoms with Crippen LogP contribution in [-0.4, -0.2) is 14.3 Å². The average Bonchev–Trinajstić information content (AvgIpc) is 2.46. The van der Waals surface area contributed by atoms with Gasteiger partial charge in [0.2, 0.25) is 5.91 Å². The largest absolute Gasteiger partial charge is 0.369 e. The molecule has 3 N–H and O–H groups in total. The van der Waals surface area contributed by atoms with Crippen molar-refractivity contribution >= 4 is 44.8 Å². The van der Waals surface area contributed by atoms with Gasteiger partial charge in [-0.2, -0.15) is 0 Å². The van der Waals surface area contributed by atoms with Gasteiger partial charge in [0.15, 0.2) is 0 Å². The standard InChI is InChI=1S/C15H14Cl2N2O3S/c1-9(15(18)20)10-5-7-11(8-6-10)19-23(21,22)14-12(16)3-2-4-13(14)17/h2-9,19H,1H3,(H2,18,20)/t9-/m1/s1. The number of hydrogen-bond donors (Lipinski definition) is 2. The molecule has 0 aliphatic rings. The fraction of sp³-hybridized carbons (Fsp3) is 0.133. The minimum Gasteiger partial charge on any atom is -0.369 e. The molecule has 0 spiro atoms. The average molecular weight is 373 g/mol. The third-order valence-electron chi connectivity index (χ3n) is 3.28. The van der Waals surface area contributed by atoms with Gasteiger partial charge < -0.3 is 5.73 Å². The Morgan fingerprint density at radius 1 is 1.09 bits per heavy atom. The van der Waals surface area contributed by atoms with E-state index in [1.807, 2.05) is 0 Å². The summed E-state index contributed by atoms with van der Waals surface area (Å²) < 4.78 is 27.2. The molecule has 0 unspecified atom stereocenters. The van der Waals surface area contributed by atoms with Gasteiger partial charge in [0.25, 0.3) is 10.0 Å². The normalized spacial score (nSPS) is 12.7. The van der Waals surface area contributed by atoms with E-state index in [4.69, 9.17) is 28.9 Å². The van der Waals surface area contributed by atoms with E-state index in [2.05, 4.69) is 4.72 Å². The molecule has 8 heteroatoms. The summed E-state index contributed by atoms with van der Waals surface area (Å²) in [5.41, 5.74) is 6.25. The smallest absolute Gasteiger partial charge is 0.264 e. The summed E-state index contributed by atoms with van der Waals surface area (Å²) in [6.07, 6.45) is 0. The van der Waals surface area contributed by atoms with E-state index in [0.717, 1.165) is 0 Å². The van der Waals surface area contributed by atoms with Crippen LogP contribution in [0.3, 0.4) is 0 Å². The van der Waals surface area contributed by atoms with Crippen molar-refractivity contribution in [3.63, 3.8) is 0 Å². The molecule has 1 amide bonds. The van der Waals surface area contributed by atoms with Crippen molar-refractivity contribution in [2.45, 2.75) is 17.7 Å². The molecule has 0 bridgehead atoms. The molecule has 2 aromatic carbocycles. The number of primary amides is 1. The summed E-state index contributed by atoms with van der Waals surface area (Å²) in [6.45, 7) is 1.67. The van der Waals surface area contributed by atoms with Crippen LogP contribution >= 0.6 is 23.2 Å². The highest BCUT2D eigenvalue weighted by Gasteiger charge is 2.21. The summed E-state index contributed by atoms with van der Waals surface area (Å²) >= 11 is 11.9. The maximum Gasteiger partial charge on any atom is 0.264 e. The molecule has 1 atom stereocenters. The van der Waals surface area contributed by atoms with E-state index in [1.54, 1.807) is 25.1 Å². The lowest BCUT2D eigenvalue weighted by Gasteiger charge is -2.12. The fourth-order valence-electron chi connectivity index (χ4n) is 1.95. The second-order valence-corrected chi connectivity index (χ2v) is 7.34. The SMILES string of the molecule is C[C@@H](C(N)=O)c1ccc(NS(=O)(=O)c2c(Cl)cccc2Cl)cc1. The molecule has 0 heterocycles. The summed E-state index contributed by atoms with van der Waals surface area (Å²) in [5, 5.41) is 0.0629. The molecule has 122 valence electrons. The Morgan fingerprint density at radius 2 is 1.61 bits per heavy atom. The minimum atomic E-state index is -3.93. The van der Waals surface area contributed by atoms with Crippen LogP contribution in [0.5, 0.6) is 0 Å². The number of sulfonamides is 1. The maximum absolute atomic E-state index is 12.4. The molecule has 0 aliphatic heterocycles. The van der Waals surface area contributed by atoms with E-state index in [9.17, 15) is 13.2 Å².